The average molecular weight is 140 g/mol. The number of nitrogen functional groups attached to an aromatic ring is 1. The lowest BCUT2D eigenvalue weighted by Gasteiger charge is -1.96. The molecular formula is C6H12N4. The minimum absolute atomic E-state index is 0.543. The predicted molar refractivity (Wildman–Crippen MR) is 41.9 cm³/mol. The zero-order chi connectivity index (χ0) is 7.72. The van der Waals surface area contributed by atoms with Crippen molar-refractivity contribution in [3.63, 3.8) is 0 Å². The molecule has 1 heterocycles. The Bertz CT molecular complexity index is 238. The monoisotopic (exact) mass is 140 g/mol. The number of anilines is 2. The number of hydrogen-bond donors (Lipinski definition) is 2. The molecule has 1 aromatic heterocycles. The quantitative estimate of drug-likeness (QED) is 0.592. The molecule has 0 unspecified atom stereocenters. The van der Waals surface area contributed by atoms with Gasteiger partial charge in [0.15, 0.2) is 0 Å². The van der Waals surface area contributed by atoms with Crippen LogP contribution < -0.4 is 11.1 Å². The van der Waals surface area contributed by atoms with Gasteiger partial charge in [-0.15, -0.1) is 0 Å². The van der Waals surface area contributed by atoms with Crippen LogP contribution in [0.4, 0.5) is 11.8 Å². The highest BCUT2D eigenvalue weighted by molar-refractivity contribution is 5.46. The van der Waals surface area contributed by atoms with Gasteiger partial charge >= 0.3 is 0 Å². The maximum absolute atomic E-state index is 5.53. The van der Waals surface area contributed by atoms with Crippen LogP contribution in [0.15, 0.2) is 0 Å². The largest absolute Gasteiger partial charge is 0.372 e. The van der Waals surface area contributed by atoms with E-state index in [0.717, 1.165) is 11.5 Å². The molecule has 56 valence electrons. The number of rotatable bonds is 1. The van der Waals surface area contributed by atoms with Crippen molar-refractivity contribution in [2.75, 3.05) is 18.1 Å². The number of nitrogens with one attached hydrogen (secondary N) is 1. The highest BCUT2D eigenvalue weighted by atomic mass is 15.2. The van der Waals surface area contributed by atoms with Crippen LogP contribution in [-0.4, -0.2) is 16.6 Å². The lowest BCUT2D eigenvalue weighted by Crippen LogP contribution is -1.97. The third kappa shape index (κ3) is 0.814. The van der Waals surface area contributed by atoms with Crippen molar-refractivity contribution in [1.82, 2.24) is 9.55 Å². The molecule has 1 aromatic rings. The zero-order valence-electron chi connectivity index (χ0n) is 6.47. The van der Waals surface area contributed by atoms with Gasteiger partial charge in [0, 0.05) is 14.1 Å². The molecule has 0 atom stereocenters. The van der Waals surface area contributed by atoms with Crippen LogP contribution >= 0.6 is 0 Å². The Labute approximate surface area is 60.1 Å². The van der Waals surface area contributed by atoms with Crippen molar-refractivity contribution < 1.29 is 0 Å². The predicted octanol–water partition coefficient (Wildman–Crippen LogP) is 0.352. The highest BCUT2D eigenvalue weighted by Gasteiger charge is 2.04. The summed E-state index contributed by atoms with van der Waals surface area (Å²) in [6.45, 7) is 1.97. The summed E-state index contributed by atoms with van der Waals surface area (Å²) in [5, 5.41) is 2.94. The van der Waals surface area contributed by atoms with Crippen molar-refractivity contribution in [3.05, 3.63) is 5.69 Å². The van der Waals surface area contributed by atoms with Gasteiger partial charge in [-0.3, -0.25) is 0 Å². The molecule has 0 fully saturated rings. The van der Waals surface area contributed by atoms with Crippen LogP contribution in [0.3, 0.4) is 0 Å². The van der Waals surface area contributed by atoms with E-state index in [-0.39, 0.29) is 0 Å². The van der Waals surface area contributed by atoms with Crippen LogP contribution in [0.1, 0.15) is 5.69 Å². The summed E-state index contributed by atoms with van der Waals surface area (Å²) in [6, 6.07) is 0. The second-order valence-corrected chi connectivity index (χ2v) is 2.21. The summed E-state index contributed by atoms with van der Waals surface area (Å²) in [5.74, 6) is 1.39. The average Bonchev–Trinajstić information content (AvgIpc) is 2.17. The maximum Gasteiger partial charge on any atom is 0.202 e. The molecule has 0 spiro atoms. The Morgan fingerprint density at radius 3 is 2.40 bits per heavy atom. The Hall–Kier alpha value is -1.19. The van der Waals surface area contributed by atoms with E-state index < -0.39 is 0 Å². The normalized spacial score (nSPS) is 9.90. The minimum atomic E-state index is 0.543. The first-order valence-corrected chi connectivity index (χ1v) is 3.13. The molecule has 10 heavy (non-hydrogen) atoms. The fourth-order valence-corrected chi connectivity index (χ4v) is 0.838. The van der Waals surface area contributed by atoms with E-state index in [1.54, 1.807) is 0 Å². The van der Waals surface area contributed by atoms with Crippen LogP contribution in [0.25, 0.3) is 0 Å². The first-order valence-electron chi connectivity index (χ1n) is 3.13. The third-order valence-electron chi connectivity index (χ3n) is 1.65. The standard InChI is InChI=1S/C6H12N4/c1-4-5(8-2)9-6(7)10(4)3/h8H,1-3H3,(H2,7,9). The fourth-order valence-electron chi connectivity index (χ4n) is 0.838. The van der Waals surface area contributed by atoms with Crippen molar-refractivity contribution >= 4 is 11.8 Å². The summed E-state index contributed by atoms with van der Waals surface area (Å²) in [5.41, 5.74) is 6.58. The van der Waals surface area contributed by atoms with E-state index in [4.69, 9.17) is 5.73 Å². The zero-order valence-corrected chi connectivity index (χ0v) is 6.47. The van der Waals surface area contributed by atoms with Gasteiger partial charge in [0.25, 0.3) is 0 Å². The molecule has 0 aliphatic heterocycles. The van der Waals surface area contributed by atoms with E-state index in [2.05, 4.69) is 10.3 Å². The molecule has 1 rings (SSSR count). The van der Waals surface area contributed by atoms with Crippen LogP contribution in [0.2, 0.25) is 0 Å². The second-order valence-electron chi connectivity index (χ2n) is 2.21. The van der Waals surface area contributed by atoms with E-state index in [1.165, 1.54) is 0 Å². The van der Waals surface area contributed by atoms with Gasteiger partial charge < -0.3 is 15.6 Å². The Morgan fingerprint density at radius 1 is 1.60 bits per heavy atom. The van der Waals surface area contributed by atoms with Gasteiger partial charge in [-0.05, 0) is 6.92 Å². The summed E-state index contributed by atoms with van der Waals surface area (Å²) < 4.78 is 1.84. The van der Waals surface area contributed by atoms with Crippen LogP contribution in [0.5, 0.6) is 0 Å². The van der Waals surface area contributed by atoms with Gasteiger partial charge in [0.05, 0.1) is 5.69 Å². The first-order chi connectivity index (χ1) is 4.66. The van der Waals surface area contributed by atoms with E-state index in [0.29, 0.717) is 5.95 Å². The summed E-state index contributed by atoms with van der Waals surface area (Å²) in [7, 11) is 3.72. The number of aromatic nitrogens is 2. The molecule has 0 saturated heterocycles. The van der Waals surface area contributed by atoms with Gasteiger partial charge in [-0.25, -0.2) is 0 Å². The molecular weight excluding hydrogens is 128 g/mol. The lowest BCUT2D eigenvalue weighted by molar-refractivity contribution is 0.889. The minimum Gasteiger partial charge on any atom is -0.372 e. The molecule has 0 bridgehead atoms. The fraction of sp³-hybridized carbons (Fsp3) is 0.500. The van der Waals surface area contributed by atoms with E-state index in [1.807, 2.05) is 25.6 Å². The number of imidazole rings is 1. The van der Waals surface area contributed by atoms with Crippen molar-refractivity contribution in [1.29, 1.82) is 0 Å². The molecule has 0 aromatic carbocycles. The number of nitrogens with two attached hydrogens (primary N) is 1. The van der Waals surface area contributed by atoms with Crippen molar-refractivity contribution in [2.45, 2.75) is 6.92 Å². The number of hydrogen-bond acceptors (Lipinski definition) is 3. The first kappa shape index (κ1) is 6.92. The summed E-state index contributed by atoms with van der Waals surface area (Å²) in [6.07, 6.45) is 0. The molecule has 3 N–H and O–H groups in total. The van der Waals surface area contributed by atoms with E-state index in [9.17, 15) is 0 Å². The van der Waals surface area contributed by atoms with Crippen LogP contribution in [-0.2, 0) is 7.05 Å². The van der Waals surface area contributed by atoms with E-state index >= 15 is 0 Å². The molecule has 4 heteroatoms. The van der Waals surface area contributed by atoms with Gasteiger partial charge in [-0.2, -0.15) is 4.98 Å². The molecule has 0 aliphatic rings. The topological polar surface area (TPSA) is 55.9 Å². The smallest absolute Gasteiger partial charge is 0.202 e. The highest BCUT2D eigenvalue weighted by Crippen LogP contribution is 2.14. The van der Waals surface area contributed by atoms with Crippen LogP contribution in [0, 0.1) is 6.92 Å². The molecule has 0 amide bonds. The SMILES string of the molecule is CNc1nc(N)n(C)c1C. The maximum atomic E-state index is 5.53. The van der Waals surface area contributed by atoms with Crippen molar-refractivity contribution in [2.24, 2.45) is 7.05 Å². The van der Waals surface area contributed by atoms with Gasteiger partial charge in [0.1, 0.15) is 5.82 Å². The Morgan fingerprint density at radius 2 is 2.20 bits per heavy atom. The summed E-state index contributed by atoms with van der Waals surface area (Å²) in [4.78, 5) is 4.06. The van der Waals surface area contributed by atoms with Gasteiger partial charge in [-0.1, -0.05) is 0 Å². The lowest BCUT2D eigenvalue weighted by atomic mass is 10.5. The Balaban J connectivity index is 3.17. The molecule has 0 aliphatic carbocycles. The summed E-state index contributed by atoms with van der Waals surface area (Å²) >= 11 is 0. The second kappa shape index (κ2) is 2.21. The van der Waals surface area contributed by atoms with Crippen molar-refractivity contribution in [3.8, 4) is 0 Å². The molecule has 0 radical (unpaired) electrons. The van der Waals surface area contributed by atoms with Gasteiger partial charge in [0.2, 0.25) is 5.95 Å². The molecule has 4 nitrogen and oxygen atoms in total. The molecule has 0 saturated carbocycles. The third-order valence-corrected chi connectivity index (χ3v) is 1.65. The Kier molecular flexibility index (Phi) is 1.53. The number of nitrogens with zero attached hydrogens (tertiary/aromatic N) is 2.